The summed E-state index contributed by atoms with van der Waals surface area (Å²) in [6.07, 6.45) is 1.27. The van der Waals surface area contributed by atoms with Crippen molar-refractivity contribution in [3.05, 3.63) is 39.2 Å². The molecule has 2 aromatic rings. The normalized spacial score (nSPS) is 10.8. The highest BCUT2D eigenvalue weighted by molar-refractivity contribution is 6.29. The van der Waals surface area contributed by atoms with Crippen LogP contribution in [0.1, 0.15) is 31.5 Å². The van der Waals surface area contributed by atoms with Crippen LogP contribution in [0, 0.1) is 0 Å². The van der Waals surface area contributed by atoms with Crippen LogP contribution in [0.5, 0.6) is 0 Å². The molecule has 0 radical (unpaired) electrons. The zero-order valence-corrected chi connectivity index (χ0v) is 10.9. The molecule has 0 unspecified atom stereocenters. The van der Waals surface area contributed by atoms with Crippen molar-refractivity contribution in [2.75, 3.05) is 0 Å². The third-order valence-corrected chi connectivity index (χ3v) is 2.67. The number of halogens is 1. The fraction of sp³-hybridized carbons (Fsp3) is 0.455. The first-order valence-electron chi connectivity index (χ1n) is 5.71. The van der Waals surface area contributed by atoms with E-state index in [-0.39, 0.29) is 17.3 Å². The van der Waals surface area contributed by atoms with Crippen LogP contribution in [0.25, 0.3) is 0 Å². The van der Waals surface area contributed by atoms with E-state index in [1.165, 1.54) is 10.6 Å². The maximum absolute atomic E-state index is 11.8. The Hall–Kier alpha value is -1.69. The molecule has 0 amide bonds. The number of nitrogens with zero attached hydrogens (tertiary/aromatic N) is 4. The molecule has 18 heavy (non-hydrogen) atoms. The van der Waals surface area contributed by atoms with E-state index in [2.05, 4.69) is 15.2 Å². The summed E-state index contributed by atoms with van der Waals surface area (Å²) in [5.41, 5.74) is -0.219. The molecule has 0 bridgehead atoms. The summed E-state index contributed by atoms with van der Waals surface area (Å²) in [4.78, 5) is 16.0. The number of aromatic nitrogens is 4. The van der Waals surface area contributed by atoms with E-state index >= 15 is 0 Å². The number of aryl methyl sites for hydroxylation is 2. The standard InChI is InChI=1S/C11H13ClN4O2/c1-3-8-13-7(12)5-11(17)16(8)6-10-15-14-9(4-2)18-10/h5H,3-4,6H2,1-2H3. The lowest BCUT2D eigenvalue weighted by atomic mass is 10.4. The molecule has 0 saturated heterocycles. The molecule has 0 spiro atoms. The van der Waals surface area contributed by atoms with Gasteiger partial charge in [0, 0.05) is 18.9 Å². The van der Waals surface area contributed by atoms with Gasteiger partial charge in [0.25, 0.3) is 5.56 Å². The Kier molecular flexibility index (Phi) is 3.76. The van der Waals surface area contributed by atoms with E-state index in [0.717, 1.165) is 0 Å². The quantitative estimate of drug-likeness (QED) is 0.785. The Morgan fingerprint density at radius 1 is 1.28 bits per heavy atom. The Morgan fingerprint density at radius 2 is 2.00 bits per heavy atom. The molecule has 0 aromatic carbocycles. The molecule has 0 N–H and O–H groups in total. The largest absolute Gasteiger partial charge is 0.423 e. The molecule has 2 aromatic heterocycles. The van der Waals surface area contributed by atoms with Crippen molar-refractivity contribution in [2.45, 2.75) is 33.2 Å². The zero-order chi connectivity index (χ0) is 13.1. The number of hydrogen-bond acceptors (Lipinski definition) is 5. The lowest BCUT2D eigenvalue weighted by molar-refractivity contribution is 0.435. The van der Waals surface area contributed by atoms with Crippen LogP contribution in [-0.2, 0) is 19.4 Å². The predicted octanol–water partition coefficient (Wildman–Crippen LogP) is 1.45. The molecule has 0 atom stereocenters. The number of hydrogen-bond donors (Lipinski definition) is 0. The Bertz CT molecular complexity index is 605. The Balaban J connectivity index is 2.36. The molecule has 96 valence electrons. The highest BCUT2D eigenvalue weighted by atomic mass is 35.5. The van der Waals surface area contributed by atoms with E-state index in [1.54, 1.807) is 0 Å². The number of rotatable bonds is 4. The van der Waals surface area contributed by atoms with Crippen LogP contribution in [0.2, 0.25) is 5.15 Å². The Morgan fingerprint density at radius 3 is 2.61 bits per heavy atom. The van der Waals surface area contributed by atoms with Gasteiger partial charge in [-0.25, -0.2) is 4.98 Å². The van der Waals surface area contributed by atoms with Gasteiger partial charge in [-0.3, -0.25) is 9.36 Å². The van der Waals surface area contributed by atoms with E-state index in [9.17, 15) is 4.79 Å². The summed E-state index contributed by atoms with van der Waals surface area (Å²) >= 11 is 5.75. The molecule has 6 nitrogen and oxygen atoms in total. The van der Waals surface area contributed by atoms with Crippen molar-refractivity contribution in [1.82, 2.24) is 19.7 Å². The van der Waals surface area contributed by atoms with Crippen LogP contribution in [0.3, 0.4) is 0 Å². The fourth-order valence-corrected chi connectivity index (χ4v) is 1.78. The van der Waals surface area contributed by atoms with Crippen molar-refractivity contribution in [1.29, 1.82) is 0 Å². The van der Waals surface area contributed by atoms with Crippen LogP contribution in [0.15, 0.2) is 15.3 Å². The van der Waals surface area contributed by atoms with E-state index in [1.807, 2.05) is 13.8 Å². The topological polar surface area (TPSA) is 73.8 Å². The molecular formula is C11H13ClN4O2. The zero-order valence-electron chi connectivity index (χ0n) is 10.2. The smallest absolute Gasteiger partial charge is 0.255 e. The van der Waals surface area contributed by atoms with E-state index in [4.69, 9.17) is 16.0 Å². The molecule has 2 heterocycles. The second-order valence-corrected chi connectivity index (χ2v) is 4.10. The van der Waals surface area contributed by atoms with Gasteiger partial charge in [0.1, 0.15) is 17.5 Å². The monoisotopic (exact) mass is 268 g/mol. The summed E-state index contributed by atoms with van der Waals surface area (Å²) < 4.78 is 6.86. The van der Waals surface area contributed by atoms with Crippen LogP contribution in [0.4, 0.5) is 0 Å². The minimum absolute atomic E-state index is 0.202. The predicted molar refractivity (Wildman–Crippen MR) is 65.7 cm³/mol. The van der Waals surface area contributed by atoms with Gasteiger partial charge in [0.15, 0.2) is 0 Å². The van der Waals surface area contributed by atoms with E-state index in [0.29, 0.717) is 30.4 Å². The summed E-state index contributed by atoms with van der Waals surface area (Å²) in [5, 5.41) is 7.94. The second-order valence-electron chi connectivity index (χ2n) is 3.72. The average molecular weight is 269 g/mol. The minimum Gasteiger partial charge on any atom is -0.423 e. The summed E-state index contributed by atoms with van der Waals surface area (Å²) in [5.74, 6) is 1.55. The molecule has 0 aliphatic heterocycles. The lowest BCUT2D eigenvalue weighted by Crippen LogP contribution is -2.24. The van der Waals surface area contributed by atoms with Crippen LogP contribution < -0.4 is 5.56 Å². The first kappa shape index (κ1) is 12.8. The fourth-order valence-electron chi connectivity index (χ4n) is 1.59. The molecule has 0 aliphatic rings. The summed E-state index contributed by atoms with van der Waals surface area (Å²) in [6.45, 7) is 4.05. The lowest BCUT2D eigenvalue weighted by Gasteiger charge is -2.07. The molecule has 0 saturated carbocycles. The van der Waals surface area contributed by atoms with Crippen molar-refractivity contribution < 1.29 is 4.42 Å². The highest BCUT2D eigenvalue weighted by Gasteiger charge is 2.11. The Labute approximate surface area is 109 Å². The maximum atomic E-state index is 11.8. The van der Waals surface area contributed by atoms with Crippen LogP contribution in [-0.4, -0.2) is 19.7 Å². The molecule has 0 fully saturated rings. The third kappa shape index (κ3) is 2.59. The first-order valence-corrected chi connectivity index (χ1v) is 6.09. The SMILES string of the molecule is CCc1nnc(Cn2c(CC)nc(Cl)cc2=O)o1. The molecule has 7 heteroatoms. The first-order chi connectivity index (χ1) is 8.63. The van der Waals surface area contributed by atoms with Gasteiger partial charge in [0.2, 0.25) is 11.8 Å². The molecular weight excluding hydrogens is 256 g/mol. The van der Waals surface area contributed by atoms with Crippen molar-refractivity contribution in [3.8, 4) is 0 Å². The average Bonchev–Trinajstić information content (AvgIpc) is 2.80. The van der Waals surface area contributed by atoms with Crippen molar-refractivity contribution in [3.63, 3.8) is 0 Å². The van der Waals surface area contributed by atoms with Gasteiger partial charge in [-0.05, 0) is 0 Å². The second kappa shape index (κ2) is 5.30. The van der Waals surface area contributed by atoms with Gasteiger partial charge in [-0.15, -0.1) is 10.2 Å². The van der Waals surface area contributed by atoms with Crippen molar-refractivity contribution >= 4 is 11.6 Å². The van der Waals surface area contributed by atoms with Gasteiger partial charge >= 0.3 is 0 Å². The van der Waals surface area contributed by atoms with Crippen LogP contribution >= 0.6 is 11.6 Å². The van der Waals surface area contributed by atoms with E-state index < -0.39 is 0 Å². The van der Waals surface area contributed by atoms with Gasteiger partial charge in [-0.1, -0.05) is 25.4 Å². The van der Waals surface area contributed by atoms with Gasteiger partial charge in [0.05, 0.1) is 0 Å². The molecule has 2 rings (SSSR count). The van der Waals surface area contributed by atoms with Gasteiger partial charge < -0.3 is 4.42 Å². The third-order valence-electron chi connectivity index (χ3n) is 2.48. The summed E-state index contributed by atoms with van der Waals surface area (Å²) in [7, 11) is 0. The minimum atomic E-state index is -0.219. The van der Waals surface area contributed by atoms with Crippen molar-refractivity contribution in [2.24, 2.45) is 0 Å². The maximum Gasteiger partial charge on any atom is 0.255 e. The highest BCUT2D eigenvalue weighted by Crippen LogP contribution is 2.06. The molecule has 0 aliphatic carbocycles. The summed E-state index contributed by atoms with van der Waals surface area (Å²) in [6, 6.07) is 1.28. The van der Waals surface area contributed by atoms with Gasteiger partial charge in [-0.2, -0.15) is 0 Å².